The predicted molar refractivity (Wildman–Crippen MR) is 138 cm³/mol. The number of anilines is 2. The molecule has 0 atom stereocenters. The molecule has 1 amide bonds. The van der Waals surface area contributed by atoms with Gasteiger partial charge in [-0.2, -0.15) is 13.2 Å². The van der Waals surface area contributed by atoms with E-state index in [1.807, 2.05) is 19.2 Å². The molecule has 7 nitrogen and oxygen atoms in total. The highest BCUT2D eigenvalue weighted by Gasteiger charge is 2.51. The van der Waals surface area contributed by atoms with E-state index >= 15 is 0 Å². The maximum atomic E-state index is 13.5. The van der Waals surface area contributed by atoms with Crippen LogP contribution < -0.4 is 10.2 Å². The Morgan fingerprint density at radius 3 is 2.30 bits per heavy atom. The Hall–Kier alpha value is -2.99. The highest BCUT2D eigenvalue weighted by atomic mass is 32.1. The lowest BCUT2D eigenvalue weighted by molar-refractivity contribution is -0.160. The van der Waals surface area contributed by atoms with Crippen molar-refractivity contribution in [2.75, 3.05) is 23.3 Å². The average molecular weight is 553 g/mol. The van der Waals surface area contributed by atoms with Gasteiger partial charge >= 0.3 is 12.1 Å². The third-order valence-electron chi connectivity index (χ3n) is 5.79. The summed E-state index contributed by atoms with van der Waals surface area (Å²) in [6, 6.07) is 4.74. The molecule has 0 saturated carbocycles. The first-order valence-corrected chi connectivity index (χ1v) is 13.2. The number of halogens is 3. The topological polar surface area (TPSA) is 84.4 Å². The van der Waals surface area contributed by atoms with E-state index in [-0.39, 0.29) is 25.4 Å². The molecule has 0 bridgehead atoms. The standard InChI is InChI=1S/C25H27F3N4O3S2/c1-14-20(37-15(2)29-14)18-11-36-22(30-18)31-21(34)24(10-19(33)35-23(3,4)5)12-32(13-24)17-8-6-16(7-9-17)25(26,27)28/h6-9,11H,10,12-13H2,1-5H3,(H,30,31,34). The number of aromatic nitrogens is 2. The number of thiazole rings is 2. The number of carbonyl (C=O) groups is 2. The molecule has 1 aromatic carbocycles. The van der Waals surface area contributed by atoms with Crippen LogP contribution in [0.5, 0.6) is 0 Å². The maximum Gasteiger partial charge on any atom is 0.416 e. The van der Waals surface area contributed by atoms with E-state index in [4.69, 9.17) is 4.74 Å². The number of amides is 1. The fraction of sp³-hybridized carbons (Fsp3) is 0.440. The summed E-state index contributed by atoms with van der Waals surface area (Å²) in [6.45, 7) is 9.34. The van der Waals surface area contributed by atoms with Gasteiger partial charge in [0, 0.05) is 24.2 Å². The fourth-order valence-corrected chi connectivity index (χ4v) is 5.80. The number of aryl methyl sites for hydroxylation is 2. The van der Waals surface area contributed by atoms with E-state index in [0.29, 0.717) is 16.5 Å². The SMILES string of the molecule is Cc1nc(C)c(-c2csc(NC(=O)C3(CC(=O)OC(C)(C)C)CN(c4ccc(C(F)(F)F)cc4)C3)n2)s1. The molecule has 3 aromatic rings. The van der Waals surface area contributed by atoms with E-state index in [1.54, 1.807) is 25.7 Å². The monoisotopic (exact) mass is 552 g/mol. The Morgan fingerprint density at radius 1 is 1.11 bits per heavy atom. The third-order valence-corrected chi connectivity index (χ3v) is 7.65. The zero-order valence-electron chi connectivity index (χ0n) is 21.0. The molecule has 2 aromatic heterocycles. The molecule has 0 spiro atoms. The van der Waals surface area contributed by atoms with E-state index in [0.717, 1.165) is 27.7 Å². The van der Waals surface area contributed by atoms with E-state index in [2.05, 4.69) is 15.3 Å². The summed E-state index contributed by atoms with van der Waals surface area (Å²) in [5.74, 6) is -0.912. The molecule has 1 N–H and O–H groups in total. The van der Waals surface area contributed by atoms with Crippen molar-refractivity contribution in [3.05, 3.63) is 45.9 Å². The zero-order chi connectivity index (χ0) is 27.2. The Morgan fingerprint density at radius 2 is 1.76 bits per heavy atom. The van der Waals surface area contributed by atoms with Crippen molar-refractivity contribution < 1.29 is 27.5 Å². The largest absolute Gasteiger partial charge is 0.460 e. The summed E-state index contributed by atoms with van der Waals surface area (Å²) in [7, 11) is 0. The molecule has 37 heavy (non-hydrogen) atoms. The van der Waals surface area contributed by atoms with Gasteiger partial charge in [-0.15, -0.1) is 22.7 Å². The first-order chi connectivity index (χ1) is 17.1. The van der Waals surface area contributed by atoms with Gasteiger partial charge < -0.3 is 15.0 Å². The van der Waals surface area contributed by atoms with Crippen molar-refractivity contribution in [3.63, 3.8) is 0 Å². The van der Waals surface area contributed by atoms with Gasteiger partial charge in [0.25, 0.3) is 0 Å². The van der Waals surface area contributed by atoms with Crippen LogP contribution in [0.2, 0.25) is 0 Å². The smallest absolute Gasteiger partial charge is 0.416 e. The summed E-state index contributed by atoms with van der Waals surface area (Å²) in [5.41, 5.74) is -0.481. The number of ether oxygens (including phenoxy) is 1. The number of nitrogens with one attached hydrogen (secondary N) is 1. The van der Waals surface area contributed by atoms with Crippen LogP contribution in [0.3, 0.4) is 0 Å². The van der Waals surface area contributed by atoms with E-state index in [9.17, 15) is 22.8 Å². The molecule has 1 fully saturated rings. The minimum absolute atomic E-state index is 0.148. The Bertz CT molecular complexity index is 1300. The van der Waals surface area contributed by atoms with Crippen LogP contribution in [-0.4, -0.2) is 40.5 Å². The zero-order valence-corrected chi connectivity index (χ0v) is 22.7. The highest BCUT2D eigenvalue weighted by Crippen LogP contribution is 2.41. The molecule has 0 radical (unpaired) electrons. The second kappa shape index (κ2) is 9.71. The van der Waals surface area contributed by atoms with Crippen LogP contribution in [0.4, 0.5) is 24.0 Å². The minimum atomic E-state index is -4.43. The minimum Gasteiger partial charge on any atom is -0.460 e. The van der Waals surface area contributed by atoms with Crippen molar-refractivity contribution in [1.29, 1.82) is 0 Å². The van der Waals surface area contributed by atoms with Crippen molar-refractivity contribution >= 4 is 45.4 Å². The van der Waals surface area contributed by atoms with Crippen molar-refractivity contribution in [2.24, 2.45) is 5.41 Å². The van der Waals surface area contributed by atoms with Crippen LogP contribution in [0.1, 0.15) is 43.5 Å². The molecule has 3 heterocycles. The fourth-order valence-electron chi connectivity index (χ4n) is 4.15. The lowest BCUT2D eigenvalue weighted by Crippen LogP contribution is -2.63. The molecule has 0 aliphatic carbocycles. The Balaban J connectivity index is 1.52. The molecule has 1 aliphatic rings. The summed E-state index contributed by atoms with van der Waals surface area (Å²) in [6.07, 6.45) is -4.60. The third kappa shape index (κ3) is 6.12. The number of carbonyl (C=O) groups excluding carboxylic acids is 2. The number of benzene rings is 1. The summed E-state index contributed by atoms with van der Waals surface area (Å²) in [5, 5.41) is 5.99. The van der Waals surface area contributed by atoms with E-state index in [1.165, 1.54) is 34.8 Å². The van der Waals surface area contributed by atoms with E-state index < -0.39 is 28.7 Å². The van der Waals surface area contributed by atoms with Crippen LogP contribution in [0, 0.1) is 19.3 Å². The van der Waals surface area contributed by atoms with Gasteiger partial charge in [0.15, 0.2) is 5.13 Å². The molecule has 0 unspecified atom stereocenters. The summed E-state index contributed by atoms with van der Waals surface area (Å²) < 4.78 is 44.3. The molecular formula is C25H27F3N4O3S2. The summed E-state index contributed by atoms with van der Waals surface area (Å²) in [4.78, 5) is 37.8. The predicted octanol–water partition coefficient (Wildman–Crippen LogP) is 6.08. The first kappa shape index (κ1) is 27.1. The van der Waals surface area contributed by atoms with Crippen molar-refractivity contribution in [1.82, 2.24) is 9.97 Å². The quantitative estimate of drug-likeness (QED) is 0.373. The van der Waals surface area contributed by atoms with Crippen LogP contribution in [0.15, 0.2) is 29.6 Å². The average Bonchev–Trinajstić information content (AvgIpc) is 3.33. The molecule has 1 aliphatic heterocycles. The molecule has 1 saturated heterocycles. The number of rotatable bonds is 6. The van der Waals surface area contributed by atoms with Gasteiger partial charge in [0.1, 0.15) is 5.60 Å². The lowest BCUT2D eigenvalue weighted by Gasteiger charge is -2.49. The summed E-state index contributed by atoms with van der Waals surface area (Å²) >= 11 is 2.79. The van der Waals surface area contributed by atoms with Gasteiger partial charge in [0.05, 0.1) is 38.7 Å². The lowest BCUT2D eigenvalue weighted by atomic mass is 9.75. The van der Waals surface area contributed by atoms with Crippen LogP contribution in [0.25, 0.3) is 10.6 Å². The molecule has 4 rings (SSSR count). The molecular weight excluding hydrogens is 525 g/mol. The van der Waals surface area contributed by atoms with Gasteiger partial charge in [-0.05, 0) is 58.9 Å². The van der Waals surface area contributed by atoms with Crippen molar-refractivity contribution in [3.8, 4) is 10.6 Å². The second-order valence-corrected chi connectivity index (χ2v) is 12.1. The van der Waals surface area contributed by atoms with Gasteiger partial charge in [-0.1, -0.05) is 0 Å². The normalized spacial score (nSPS) is 15.3. The molecule has 198 valence electrons. The maximum absolute atomic E-state index is 13.5. The number of alkyl halides is 3. The Kier molecular flexibility index (Phi) is 7.10. The molecule has 12 heteroatoms. The number of hydrogen-bond donors (Lipinski definition) is 1. The van der Waals surface area contributed by atoms with Crippen molar-refractivity contribution in [2.45, 2.75) is 52.8 Å². The van der Waals surface area contributed by atoms with Gasteiger partial charge in [-0.25, -0.2) is 9.97 Å². The Labute approximate surface area is 220 Å². The first-order valence-electron chi connectivity index (χ1n) is 11.5. The van der Waals surface area contributed by atoms with Crippen LogP contribution in [-0.2, 0) is 20.5 Å². The van der Waals surface area contributed by atoms with Crippen LogP contribution >= 0.6 is 22.7 Å². The second-order valence-electron chi connectivity index (χ2n) is 10.1. The van der Waals surface area contributed by atoms with Gasteiger partial charge in [-0.3, -0.25) is 9.59 Å². The van der Waals surface area contributed by atoms with Gasteiger partial charge in [0.2, 0.25) is 5.91 Å². The number of nitrogens with zero attached hydrogens (tertiary/aromatic N) is 3. The number of esters is 1. The number of hydrogen-bond acceptors (Lipinski definition) is 8. The highest BCUT2D eigenvalue weighted by molar-refractivity contribution is 7.16.